The average molecular weight is 360 g/mol. The van der Waals surface area contributed by atoms with E-state index >= 15 is 0 Å². The monoisotopic (exact) mass is 360 g/mol. The molecule has 0 fully saturated rings. The predicted molar refractivity (Wildman–Crippen MR) is 101 cm³/mol. The van der Waals surface area contributed by atoms with Gasteiger partial charge in [0.25, 0.3) is 0 Å². The van der Waals surface area contributed by atoms with Crippen LogP contribution in [-0.2, 0) is 13.0 Å². The second-order valence-corrected chi connectivity index (χ2v) is 6.01. The molecule has 0 amide bonds. The van der Waals surface area contributed by atoms with Gasteiger partial charge in [-0.1, -0.05) is 31.9 Å². The number of nitrogens with two attached hydrogens (primary N) is 1. The van der Waals surface area contributed by atoms with Crippen molar-refractivity contribution in [2.24, 2.45) is 5.73 Å². The van der Waals surface area contributed by atoms with Crippen molar-refractivity contribution in [2.75, 3.05) is 6.54 Å². The number of carbonyl (C=O) groups is 1. The standard InChI is InChI=1S/C19H26N4O2.H2O/c1-2-3-4-10-21-17(12-14-5-7-15(24)8-6-14)19(25)16-9-11-22-18(13-20)23-16;/h5-9,11,17,21,24H,2-4,10,12-13,20H2,1H3;1H2. The molecule has 0 aliphatic rings. The van der Waals surface area contributed by atoms with Gasteiger partial charge < -0.3 is 21.6 Å². The first kappa shape index (κ1) is 21.7. The minimum absolute atomic E-state index is 0. The lowest BCUT2D eigenvalue weighted by Crippen LogP contribution is -2.39. The van der Waals surface area contributed by atoms with Gasteiger partial charge in [-0.25, -0.2) is 9.97 Å². The maximum atomic E-state index is 12.9. The van der Waals surface area contributed by atoms with Gasteiger partial charge in [-0.2, -0.15) is 0 Å². The van der Waals surface area contributed by atoms with Crippen molar-refractivity contribution in [3.05, 3.63) is 53.6 Å². The van der Waals surface area contributed by atoms with E-state index in [-0.39, 0.29) is 29.6 Å². The summed E-state index contributed by atoms with van der Waals surface area (Å²) in [6.45, 7) is 3.12. The molecule has 0 spiro atoms. The molecule has 1 heterocycles. The highest BCUT2D eigenvalue weighted by molar-refractivity contribution is 5.98. The predicted octanol–water partition coefficient (Wildman–Crippen LogP) is 1.39. The summed E-state index contributed by atoms with van der Waals surface area (Å²) in [6, 6.07) is 8.17. The fraction of sp³-hybridized carbons (Fsp3) is 0.421. The smallest absolute Gasteiger partial charge is 0.198 e. The summed E-state index contributed by atoms with van der Waals surface area (Å²) >= 11 is 0. The Morgan fingerprint density at radius 1 is 1.23 bits per heavy atom. The van der Waals surface area contributed by atoms with Crippen LogP contribution in [0, 0.1) is 0 Å². The van der Waals surface area contributed by atoms with Crippen molar-refractivity contribution >= 4 is 5.78 Å². The van der Waals surface area contributed by atoms with Crippen molar-refractivity contribution in [3.8, 4) is 5.75 Å². The lowest BCUT2D eigenvalue weighted by Gasteiger charge is -2.18. The lowest BCUT2D eigenvalue weighted by atomic mass is 10.00. The van der Waals surface area contributed by atoms with Gasteiger partial charge in [0.1, 0.15) is 17.3 Å². The third-order valence-electron chi connectivity index (χ3n) is 4.00. The molecule has 1 aromatic heterocycles. The molecule has 0 saturated carbocycles. The number of nitrogens with zero attached hydrogens (tertiary/aromatic N) is 2. The SMILES string of the molecule is CCCCCNC(Cc1ccc(O)cc1)C(=O)c1ccnc(CN)n1.O. The topological polar surface area (TPSA) is 133 Å². The molecular weight excluding hydrogens is 332 g/mol. The number of Topliss-reactive ketones (excluding diaryl/α,β-unsaturated/α-hetero) is 1. The molecule has 0 aliphatic carbocycles. The maximum absolute atomic E-state index is 12.9. The number of phenols is 1. The highest BCUT2D eigenvalue weighted by Crippen LogP contribution is 2.13. The molecule has 2 rings (SSSR count). The normalized spacial score (nSPS) is 11.6. The van der Waals surface area contributed by atoms with E-state index in [1.807, 2.05) is 12.1 Å². The van der Waals surface area contributed by atoms with Gasteiger partial charge in [0, 0.05) is 6.20 Å². The Labute approximate surface area is 154 Å². The van der Waals surface area contributed by atoms with E-state index in [2.05, 4.69) is 22.2 Å². The number of aromatic hydroxyl groups is 1. The summed E-state index contributed by atoms with van der Waals surface area (Å²) < 4.78 is 0. The summed E-state index contributed by atoms with van der Waals surface area (Å²) in [5, 5.41) is 12.8. The summed E-state index contributed by atoms with van der Waals surface area (Å²) in [5.41, 5.74) is 6.93. The van der Waals surface area contributed by atoms with Crippen LogP contribution in [0.4, 0.5) is 0 Å². The second-order valence-electron chi connectivity index (χ2n) is 6.01. The molecule has 1 aromatic carbocycles. The molecule has 142 valence electrons. The van der Waals surface area contributed by atoms with Gasteiger partial charge in [-0.3, -0.25) is 4.79 Å². The van der Waals surface area contributed by atoms with Crippen LogP contribution in [0.1, 0.15) is 48.1 Å². The zero-order valence-electron chi connectivity index (χ0n) is 15.1. The Morgan fingerprint density at radius 3 is 2.62 bits per heavy atom. The molecule has 0 saturated heterocycles. The first-order valence-electron chi connectivity index (χ1n) is 8.71. The lowest BCUT2D eigenvalue weighted by molar-refractivity contribution is 0.0937. The minimum Gasteiger partial charge on any atom is -0.508 e. The van der Waals surface area contributed by atoms with E-state index in [4.69, 9.17) is 5.73 Å². The van der Waals surface area contributed by atoms with Crippen molar-refractivity contribution in [3.63, 3.8) is 0 Å². The van der Waals surface area contributed by atoms with Gasteiger partial charge >= 0.3 is 0 Å². The van der Waals surface area contributed by atoms with Gasteiger partial charge in [-0.05, 0) is 43.1 Å². The molecule has 6 N–H and O–H groups in total. The number of benzene rings is 1. The van der Waals surface area contributed by atoms with Crippen LogP contribution in [0.3, 0.4) is 0 Å². The molecule has 7 nitrogen and oxygen atoms in total. The molecule has 2 aromatic rings. The van der Waals surface area contributed by atoms with Crippen LogP contribution in [0.25, 0.3) is 0 Å². The van der Waals surface area contributed by atoms with Gasteiger partial charge in [0.15, 0.2) is 5.78 Å². The van der Waals surface area contributed by atoms with Crippen LogP contribution < -0.4 is 11.1 Å². The molecule has 0 radical (unpaired) electrons. The van der Waals surface area contributed by atoms with Crippen molar-refractivity contribution in [2.45, 2.75) is 45.2 Å². The zero-order chi connectivity index (χ0) is 18.1. The van der Waals surface area contributed by atoms with Crippen molar-refractivity contribution < 1.29 is 15.4 Å². The summed E-state index contributed by atoms with van der Waals surface area (Å²) in [5.74, 6) is 0.604. The molecule has 26 heavy (non-hydrogen) atoms. The number of hydrogen-bond acceptors (Lipinski definition) is 6. The molecular formula is C19H28N4O3. The Bertz CT molecular complexity index is 677. The van der Waals surface area contributed by atoms with Gasteiger partial charge in [-0.15, -0.1) is 0 Å². The highest BCUT2D eigenvalue weighted by Gasteiger charge is 2.21. The fourth-order valence-corrected chi connectivity index (χ4v) is 2.59. The number of unbranched alkanes of at least 4 members (excludes halogenated alkanes) is 2. The van der Waals surface area contributed by atoms with Crippen molar-refractivity contribution in [1.29, 1.82) is 0 Å². The zero-order valence-corrected chi connectivity index (χ0v) is 15.1. The number of nitrogens with one attached hydrogen (secondary N) is 1. The van der Waals surface area contributed by atoms with E-state index in [1.54, 1.807) is 24.4 Å². The van der Waals surface area contributed by atoms with Crippen molar-refractivity contribution in [1.82, 2.24) is 15.3 Å². The number of phenolic OH excluding ortho intramolecular Hbond substituents is 1. The Kier molecular flexibility index (Phi) is 9.43. The molecule has 0 aliphatic heterocycles. The Morgan fingerprint density at radius 2 is 1.96 bits per heavy atom. The first-order valence-corrected chi connectivity index (χ1v) is 8.71. The third kappa shape index (κ3) is 6.51. The fourth-order valence-electron chi connectivity index (χ4n) is 2.59. The minimum atomic E-state index is -0.373. The second kappa shape index (κ2) is 11.3. The first-order chi connectivity index (χ1) is 12.1. The van der Waals surface area contributed by atoms with E-state index < -0.39 is 0 Å². The molecule has 0 bridgehead atoms. The Hall–Kier alpha value is -2.35. The molecule has 1 atom stereocenters. The number of ketones is 1. The quantitative estimate of drug-likeness (QED) is 0.433. The summed E-state index contributed by atoms with van der Waals surface area (Å²) in [4.78, 5) is 21.2. The summed E-state index contributed by atoms with van der Waals surface area (Å²) in [7, 11) is 0. The molecule has 1 unspecified atom stereocenters. The van der Waals surface area contributed by atoms with Crippen LogP contribution in [0.15, 0.2) is 36.5 Å². The average Bonchev–Trinajstić information content (AvgIpc) is 2.65. The third-order valence-corrected chi connectivity index (χ3v) is 4.00. The van der Waals surface area contributed by atoms with E-state index in [9.17, 15) is 9.90 Å². The highest BCUT2D eigenvalue weighted by atomic mass is 16.3. The van der Waals surface area contributed by atoms with E-state index in [1.165, 1.54) is 0 Å². The van der Waals surface area contributed by atoms with E-state index in [0.717, 1.165) is 31.4 Å². The number of aromatic nitrogens is 2. The van der Waals surface area contributed by atoms with Crippen LogP contribution in [0.5, 0.6) is 5.75 Å². The van der Waals surface area contributed by atoms with Gasteiger partial charge in [0.2, 0.25) is 0 Å². The largest absolute Gasteiger partial charge is 0.508 e. The maximum Gasteiger partial charge on any atom is 0.198 e. The van der Waals surface area contributed by atoms with Crippen LogP contribution in [-0.4, -0.2) is 38.9 Å². The summed E-state index contributed by atoms with van der Waals surface area (Å²) in [6.07, 6.45) is 5.37. The number of rotatable bonds is 10. The van der Waals surface area contributed by atoms with Gasteiger partial charge in [0.05, 0.1) is 12.6 Å². The Balaban J connectivity index is 0.00000338. The van der Waals surface area contributed by atoms with E-state index in [0.29, 0.717) is 17.9 Å². The number of carbonyl (C=O) groups excluding carboxylic acids is 1. The van der Waals surface area contributed by atoms with Crippen LogP contribution in [0.2, 0.25) is 0 Å². The van der Waals surface area contributed by atoms with Crippen LogP contribution >= 0.6 is 0 Å². The molecule has 7 heteroatoms. The number of hydrogen-bond donors (Lipinski definition) is 3.